The van der Waals surface area contributed by atoms with Gasteiger partial charge in [-0.1, -0.05) is 53.7 Å². The zero-order valence-electron chi connectivity index (χ0n) is 16.3. The number of hydrogen-bond donors (Lipinski definition) is 0. The Morgan fingerprint density at radius 3 is 2.52 bits per heavy atom. The summed E-state index contributed by atoms with van der Waals surface area (Å²) < 4.78 is 2.07. The molecule has 0 atom stereocenters. The second-order valence-corrected chi connectivity index (χ2v) is 8.46. The molecule has 0 radical (unpaired) electrons. The van der Waals surface area contributed by atoms with Gasteiger partial charge in [0, 0.05) is 23.2 Å². The average molecular weight is 427 g/mol. The summed E-state index contributed by atoms with van der Waals surface area (Å²) in [5, 5.41) is 10.3. The van der Waals surface area contributed by atoms with Crippen molar-refractivity contribution < 1.29 is 4.79 Å². The molecule has 1 aromatic heterocycles. The van der Waals surface area contributed by atoms with Crippen LogP contribution in [0.25, 0.3) is 11.4 Å². The molecule has 3 aromatic rings. The molecule has 0 saturated heterocycles. The van der Waals surface area contributed by atoms with Crippen molar-refractivity contribution in [3.8, 4) is 11.4 Å². The minimum atomic E-state index is 0.169. The van der Waals surface area contributed by atoms with Gasteiger partial charge in [0.15, 0.2) is 11.0 Å². The SMILES string of the molecule is CCN(C(=O)CSc1nnc(-c2ccc(Cl)cc2)n1Cc1ccccc1)C1CC1. The van der Waals surface area contributed by atoms with E-state index < -0.39 is 0 Å². The third-order valence-corrected chi connectivity index (χ3v) is 6.18. The van der Waals surface area contributed by atoms with Crippen LogP contribution in [0.4, 0.5) is 0 Å². The molecule has 1 saturated carbocycles. The molecule has 1 fully saturated rings. The molecule has 0 aliphatic heterocycles. The fourth-order valence-electron chi connectivity index (χ4n) is 3.35. The van der Waals surface area contributed by atoms with Crippen LogP contribution >= 0.6 is 23.4 Å². The Balaban J connectivity index is 1.59. The normalized spacial score (nSPS) is 13.4. The minimum Gasteiger partial charge on any atom is -0.339 e. The Labute approximate surface area is 180 Å². The molecule has 0 N–H and O–H groups in total. The summed E-state index contributed by atoms with van der Waals surface area (Å²) in [6.45, 7) is 3.44. The van der Waals surface area contributed by atoms with Crippen molar-refractivity contribution in [2.45, 2.75) is 37.5 Å². The van der Waals surface area contributed by atoms with Gasteiger partial charge in [0.25, 0.3) is 0 Å². The number of aromatic nitrogens is 3. The number of nitrogens with zero attached hydrogens (tertiary/aromatic N) is 4. The van der Waals surface area contributed by atoms with Gasteiger partial charge >= 0.3 is 0 Å². The van der Waals surface area contributed by atoms with Gasteiger partial charge in [-0.25, -0.2) is 0 Å². The number of rotatable bonds is 8. The lowest BCUT2D eigenvalue weighted by Gasteiger charge is -2.20. The van der Waals surface area contributed by atoms with Crippen LogP contribution < -0.4 is 0 Å². The van der Waals surface area contributed by atoms with E-state index in [1.54, 1.807) is 0 Å². The summed E-state index contributed by atoms with van der Waals surface area (Å²) in [7, 11) is 0. The van der Waals surface area contributed by atoms with E-state index in [1.807, 2.05) is 54.3 Å². The lowest BCUT2D eigenvalue weighted by atomic mass is 10.2. The van der Waals surface area contributed by atoms with Crippen molar-refractivity contribution in [3.05, 3.63) is 65.2 Å². The summed E-state index contributed by atoms with van der Waals surface area (Å²) in [5.41, 5.74) is 2.10. The second kappa shape index (κ2) is 9.01. The lowest BCUT2D eigenvalue weighted by Crippen LogP contribution is -2.34. The minimum absolute atomic E-state index is 0.169. The fraction of sp³-hybridized carbons (Fsp3) is 0.318. The van der Waals surface area contributed by atoms with Gasteiger partial charge in [0.1, 0.15) is 0 Å². The van der Waals surface area contributed by atoms with Crippen molar-refractivity contribution in [1.29, 1.82) is 0 Å². The Kier molecular flexibility index (Phi) is 6.21. The first-order valence-corrected chi connectivity index (χ1v) is 11.2. The van der Waals surface area contributed by atoms with Crippen LogP contribution in [-0.2, 0) is 11.3 Å². The summed E-state index contributed by atoms with van der Waals surface area (Å²) in [5.74, 6) is 1.31. The standard InChI is InChI=1S/C22H23ClN4OS/c1-2-26(19-12-13-19)20(28)15-29-22-25-24-21(17-8-10-18(23)11-9-17)27(22)14-16-6-4-3-5-7-16/h3-11,19H,2,12-15H2,1H3. The van der Waals surface area contributed by atoms with E-state index >= 15 is 0 Å². The number of carbonyl (C=O) groups is 1. The van der Waals surface area contributed by atoms with Crippen molar-refractivity contribution in [2.75, 3.05) is 12.3 Å². The molecule has 2 aromatic carbocycles. The van der Waals surface area contributed by atoms with Crippen LogP contribution in [0.5, 0.6) is 0 Å². The number of hydrogen-bond acceptors (Lipinski definition) is 4. The smallest absolute Gasteiger partial charge is 0.233 e. The number of amides is 1. The summed E-state index contributed by atoms with van der Waals surface area (Å²) in [6, 6.07) is 18.2. The largest absolute Gasteiger partial charge is 0.339 e. The van der Waals surface area contributed by atoms with Gasteiger partial charge in [-0.2, -0.15) is 0 Å². The summed E-state index contributed by atoms with van der Waals surface area (Å²) in [4.78, 5) is 14.6. The van der Waals surface area contributed by atoms with E-state index in [-0.39, 0.29) is 5.91 Å². The molecule has 1 amide bonds. The summed E-state index contributed by atoms with van der Waals surface area (Å²) in [6.07, 6.45) is 2.24. The number of benzene rings is 2. The molecule has 1 heterocycles. The maximum Gasteiger partial charge on any atom is 0.233 e. The van der Waals surface area contributed by atoms with E-state index in [9.17, 15) is 4.79 Å². The van der Waals surface area contributed by atoms with Crippen LogP contribution in [0, 0.1) is 0 Å². The van der Waals surface area contributed by atoms with Crippen molar-refractivity contribution >= 4 is 29.3 Å². The summed E-state index contributed by atoms with van der Waals surface area (Å²) >= 11 is 7.50. The molecule has 1 aliphatic rings. The molecule has 0 spiro atoms. The highest BCUT2D eigenvalue weighted by Gasteiger charge is 2.31. The first kappa shape index (κ1) is 20.0. The van der Waals surface area contributed by atoms with Crippen LogP contribution in [0.2, 0.25) is 5.02 Å². The quantitative estimate of drug-likeness (QED) is 0.488. The van der Waals surface area contributed by atoms with E-state index in [0.717, 1.165) is 41.5 Å². The molecule has 5 nitrogen and oxygen atoms in total. The maximum atomic E-state index is 12.6. The predicted octanol–water partition coefficient (Wildman–Crippen LogP) is 4.75. The van der Waals surface area contributed by atoms with E-state index in [4.69, 9.17) is 11.6 Å². The van der Waals surface area contributed by atoms with E-state index in [0.29, 0.717) is 23.4 Å². The highest BCUT2D eigenvalue weighted by Crippen LogP contribution is 2.29. The number of carbonyl (C=O) groups excluding carboxylic acids is 1. The monoisotopic (exact) mass is 426 g/mol. The van der Waals surface area contributed by atoms with E-state index in [2.05, 4.69) is 26.9 Å². The molecule has 1 aliphatic carbocycles. The average Bonchev–Trinajstić information content (AvgIpc) is 3.50. The molecule has 4 rings (SSSR count). The van der Waals surface area contributed by atoms with Crippen LogP contribution in [0.1, 0.15) is 25.3 Å². The van der Waals surface area contributed by atoms with Gasteiger partial charge in [0.05, 0.1) is 12.3 Å². The van der Waals surface area contributed by atoms with Crippen molar-refractivity contribution in [2.24, 2.45) is 0 Å². The molecule has 0 unspecified atom stereocenters. The van der Waals surface area contributed by atoms with Gasteiger partial charge in [-0.05, 0) is 49.6 Å². The first-order valence-electron chi connectivity index (χ1n) is 9.81. The zero-order chi connectivity index (χ0) is 20.2. The highest BCUT2D eigenvalue weighted by molar-refractivity contribution is 7.99. The molecule has 150 valence electrons. The van der Waals surface area contributed by atoms with Gasteiger partial charge in [-0.3, -0.25) is 9.36 Å². The van der Waals surface area contributed by atoms with Crippen LogP contribution in [0.15, 0.2) is 59.8 Å². The molecule has 29 heavy (non-hydrogen) atoms. The molecular formula is C22H23ClN4OS. The molecular weight excluding hydrogens is 404 g/mol. The Morgan fingerprint density at radius 1 is 1.14 bits per heavy atom. The zero-order valence-corrected chi connectivity index (χ0v) is 17.9. The van der Waals surface area contributed by atoms with Gasteiger partial charge in [-0.15, -0.1) is 10.2 Å². The molecule has 0 bridgehead atoms. The Bertz CT molecular complexity index is 970. The fourth-order valence-corrected chi connectivity index (χ4v) is 4.30. The highest BCUT2D eigenvalue weighted by atomic mass is 35.5. The lowest BCUT2D eigenvalue weighted by molar-refractivity contribution is -0.128. The van der Waals surface area contributed by atoms with Crippen LogP contribution in [0.3, 0.4) is 0 Å². The van der Waals surface area contributed by atoms with Crippen LogP contribution in [-0.4, -0.2) is 43.9 Å². The maximum absolute atomic E-state index is 12.6. The third kappa shape index (κ3) is 4.82. The predicted molar refractivity (Wildman–Crippen MR) is 117 cm³/mol. The Hall–Kier alpha value is -2.31. The number of thioether (sulfide) groups is 1. The van der Waals surface area contributed by atoms with Crippen molar-refractivity contribution in [3.63, 3.8) is 0 Å². The van der Waals surface area contributed by atoms with Gasteiger partial charge in [0.2, 0.25) is 5.91 Å². The second-order valence-electron chi connectivity index (χ2n) is 7.08. The third-order valence-electron chi connectivity index (χ3n) is 4.98. The van der Waals surface area contributed by atoms with E-state index in [1.165, 1.54) is 11.8 Å². The molecule has 7 heteroatoms. The van der Waals surface area contributed by atoms with Crippen molar-refractivity contribution in [1.82, 2.24) is 19.7 Å². The van der Waals surface area contributed by atoms with Gasteiger partial charge < -0.3 is 4.90 Å². The Morgan fingerprint density at radius 2 is 1.86 bits per heavy atom. The topological polar surface area (TPSA) is 51.0 Å². The first-order chi connectivity index (χ1) is 14.2. The number of halogens is 1.